The smallest absolute Gasteiger partial charge is 0.184 e. The number of nitriles is 1. The number of sulfone groups is 1. The van der Waals surface area contributed by atoms with E-state index in [1.807, 2.05) is 0 Å². The number of fused-ring (bicyclic) bond motifs is 1. The monoisotopic (exact) mass is 508 g/mol. The summed E-state index contributed by atoms with van der Waals surface area (Å²) in [5, 5.41) is 16.0. The largest absolute Gasteiger partial charge is 0.343 e. The van der Waals surface area contributed by atoms with Gasteiger partial charge < -0.3 is 4.98 Å². The molecule has 0 bridgehead atoms. The molecular weight excluding hydrogens is 493 g/mol. The molecule has 8 nitrogen and oxygen atoms in total. The van der Waals surface area contributed by atoms with Crippen molar-refractivity contribution in [3.8, 4) is 28.7 Å². The highest BCUT2D eigenvalue weighted by molar-refractivity contribution is 7.90. The number of nitrogens with zero attached hydrogens (tertiary/aromatic N) is 4. The first kappa shape index (κ1) is 23.3. The van der Waals surface area contributed by atoms with Gasteiger partial charge in [0.25, 0.3) is 0 Å². The Labute approximate surface area is 202 Å². The molecule has 0 unspecified atom stereocenters. The molecule has 0 aliphatic carbocycles. The van der Waals surface area contributed by atoms with E-state index in [1.54, 1.807) is 12.3 Å². The van der Waals surface area contributed by atoms with Crippen molar-refractivity contribution < 1.29 is 21.6 Å². The molecule has 2 N–H and O–H groups in total. The molecule has 3 heterocycles. The van der Waals surface area contributed by atoms with Gasteiger partial charge in [-0.25, -0.2) is 26.6 Å². The Balaban J connectivity index is 1.60. The average molecular weight is 508 g/mol. The van der Waals surface area contributed by atoms with E-state index in [9.17, 15) is 12.8 Å². The van der Waals surface area contributed by atoms with Gasteiger partial charge in [0.1, 0.15) is 28.9 Å². The van der Waals surface area contributed by atoms with Gasteiger partial charge in [0, 0.05) is 35.1 Å². The molecule has 0 aliphatic heterocycles. The molecule has 2 aromatic carbocycles. The zero-order chi connectivity index (χ0) is 25.6. The van der Waals surface area contributed by atoms with Crippen molar-refractivity contribution in [2.45, 2.75) is 17.6 Å². The number of rotatable bonds is 5. The van der Waals surface area contributed by atoms with E-state index in [0.717, 1.165) is 18.2 Å². The zero-order valence-electron chi connectivity index (χ0n) is 18.5. The number of hydrogen-bond donors (Lipinski definition) is 2. The lowest BCUT2D eigenvalue weighted by Crippen LogP contribution is -2.10. The Kier molecular flexibility index (Phi) is 5.57. The summed E-state index contributed by atoms with van der Waals surface area (Å²) in [5.41, 5.74) is -1.13. The highest BCUT2D eigenvalue weighted by Gasteiger charge is 2.26. The third-order valence-corrected chi connectivity index (χ3v) is 7.47. The number of benzene rings is 2. The minimum atomic E-state index is -4.18. The van der Waals surface area contributed by atoms with Gasteiger partial charge in [-0.05, 0) is 25.1 Å². The van der Waals surface area contributed by atoms with Crippen molar-refractivity contribution >= 4 is 20.7 Å². The summed E-state index contributed by atoms with van der Waals surface area (Å²) in [6, 6.07) is 7.45. The first-order chi connectivity index (χ1) is 17.2. The van der Waals surface area contributed by atoms with Crippen LogP contribution >= 0.6 is 0 Å². The number of aryl methyl sites for hydroxylation is 1. The summed E-state index contributed by atoms with van der Waals surface area (Å²) in [5.74, 6) is -3.72. The summed E-state index contributed by atoms with van der Waals surface area (Å²) in [6.07, 6.45) is 4.30. The number of aromatic amines is 2. The SMILES string of the molecule is Cc1ncc(C#N)cc1S(=O)(=O)Cc1ccc(F)c(-c2ccc3c(-c4ncc[nH]4)[nH]nc3c2F)c1F. The van der Waals surface area contributed by atoms with Crippen LogP contribution in [0.5, 0.6) is 0 Å². The van der Waals surface area contributed by atoms with Gasteiger partial charge in [0.05, 0.1) is 27.5 Å². The molecular formula is C24H15F3N6O2S. The summed E-state index contributed by atoms with van der Waals surface area (Å²) in [6.45, 7) is 1.44. The number of hydrogen-bond acceptors (Lipinski definition) is 6. The van der Waals surface area contributed by atoms with E-state index in [0.29, 0.717) is 16.9 Å². The lowest BCUT2D eigenvalue weighted by Gasteiger charge is -2.12. The Morgan fingerprint density at radius 2 is 1.89 bits per heavy atom. The molecule has 0 saturated carbocycles. The molecule has 5 aromatic rings. The summed E-state index contributed by atoms with van der Waals surface area (Å²) in [7, 11) is -4.18. The van der Waals surface area contributed by atoms with Gasteiger partial charge >= 0.3 is 0 Å². The minimum absolute atomic E-state index is 0.0164. The Bertz CT molecular complexity index is 1790. The normalized spacial score (nSPS) is 11.6. The van der Waals surface area contributed by atoms with Crippen molar-refractivity contribution in [2.75, 3.05) is 0 Å². The predicted molar refractivity (Wildman–Crippen MR) is 124 cm³/mol. The first-order valence-corrected chi connectivity index (χ1v) is 12.1. The van der Waals surface area contributed by atoms with Crippen LogP contribution in [-0.2, 0) is 15.6 Å². The Morgan fingerprint density at radius 3 is 2.61 bits per heavy atom. The van der Waals surface area contributed by atoms with Gasteiger partial charge in [-0.2, -0.15) is 10.4 Å². The number of imidazole rings is 1. The number of halogens is 3. The van der Waals surface area contributed by atoms with E-state index in [1.165, 1.54) is 31.5 Å². The second-order valence-electron chi connectivity index (χ2n) is 7.93. The molecule has 36 heavy (non-hydrogen) atoms. The maximum atomic E-state index is 15.5. The van der Waals surface area contributed by atoms with Crippen LogP contribution in [0, 0.1) is 35.7 Å². The summed E-state index contributed by atoms with van der Waals surface area (Å²) < 4.78 is 71.8. The van der Waals surface area contributed by atoms with E-state index in [2.05, 4.69) is 25.1 Å². The van der Waals surface area contributed by atoms with Crippen molar-refractivity contribution in [3.63, 3.8) is 0 Å². The molecule has 0 fully saturated rings. The molecule has 3 aromatic heterocycles. The Hall–Kier alpha value is -4.50. The van der Waals surface area contributed by atoms with Gasteiger partial charge in [-0.3, -0.25) is 10.1 Å². The fraction of sp³-hybridized carbons (Fsp3) is 0.0833. The number of pyridine rings is 1. The minimum Gasteiger partial charge on any atom is -0.343 e. The van der Waals surface area contributed by atoms with Crippen LogP contribution in [0.2, 0.25) is 0 Å². The van der Waals surface area contributed by atoms with E-state index >= 15 is 8.78 Å². The number of aromatic nitrogens is 5. The van der Waals surface area contributed by atoms with Crippen LogP contribution in [0.3, 0.4) is 0 Å². The van der Waals surface area contributed by atoms with Crippen LogP contribution in [0.4, 0.5) is 13.2 Å². The molecule has 0 amide bonds. The fourth-order valence-electron chi connectivity index (χ4n) is 3.95. The van der Waals surface area contributed by atoms with Crippen LogP contribution < -0.4 is 0 Å². The standard InChI is InChI=1S/C24H15F3N6O2S/c1-12-18(8-13(9-28)10-31-12)36(34,35)11-14-2-5-17(25)19(20(14)26)15-3-4-16-22(21(15)27)32-33-23(16)24-29-6-7-30-24/h2-8,10H,11H2,1H3,(H,29,30)(H,32,33). The first-order valence-electron chi connectivity index (χ1n) is 10.4. The van der Waals surface area contributed by atoms with E-state index in [-0.39, 0.29) is 27.2 Å². The molecule has 180 valence electrons. The third kappa shape index (κ3) is 3.79. The van der Waals surface area contributed by atoms with Crippen LogP contribution in [0.25, 0.3) is 33.5 Å². The fourth-order valence-corrected chi connectivity index (χ4v) is 5.55. The van der Waals surface area contributed by atoms with E-state index in [4.69, 9.17) is 5.26 Å². The average Bonchev–Trinajstić information content (AvgIpc) is 3.53. The molecule has 12 heteroatoms. The third-order valence-electron chi connectivity index (χ3n) is 5.69. The van der Waals surface area contributed by atoms with Crippen molar-refractivity contribution in [2.24, 2.45) is 0 Å². The Morgan fingerprint density at radius 1 is 1.08 bits per heavy atom. The predicted octanol–water partition coefficient (Wildman–Crippen LogP) is 4.59. The second-order valence-corrected chi connectivity index (χ2v) is 9.89. The van der Waals surface area contributed by atoms with Crippen LogP contribution in [0.15, 0.2) is 53.8 Å². The van der Waals surface area contributed by atoms with Gasteiger partial charge in [-0.15, -0.1) is 0 Å². The van der Waals surface area contributed by atoms with Gasteiger partial charge in [0.2, 0.25) is 0 Å². The molecule has 0 spiro atoms. The number of H-pyrrole nitrogens is 2. The van der Waals surface area contributed by atoms with Crippen molar-refractivity contribution in [1.82, 2.24) is 25.1 Å². The van der Waals surface area contributed by atoms with Gasteiger partial charge in [-0.1, -0.05) is 12.1 Å². The maximum Gasteiger partial charge on any atom is 0.184 e. The summed E-state index contributed by atoms with van der Waals surface area (Å²) in [4.78, 5) is 10.6. The van der Waals surface area contributed by atoms with Crippen LogP contribution in [-0.4, -0.2) is 33.6 Å². The zero-order valence-corrected chi connectivity index (χ0v) is 19.3. The van der Waals surface area contributed by atoms with Crippen LogP contribution in [0.1, 0.15) is 16.8 Å². The van der Waals surface area contributed by atoms with Crippen molar-refractivity contribution in [1.29, 1.82) is 5.26 Å². The van der Waals surface area contributed by atoms with Crippen molar-refractivity contribution in [3.05, 3.63) is 83.2 Å². The molecule has 0 aliphatic rings. The van der Waals surface area contributed by atoms with E-state index < -0.39 is 44.2 Å². The number of nitrogens with one attached hydrogen (secondary N) is 2. The van der Waals surface area contributed by atoms with Gasteiger partial charge in [0.15, 0.2) is 21.5 Å². The molecule has 5 rings (SSSR count). The topological polar surface area (TPSA) is 128 Å². The highest BCUT2D eigenvalue weighted by Crippen LogP contribution is 2.36. The maximum absolute atomic E-state index is 15.5. The molecule has 0 atom stereocenters. The highest BCUT2D eigenvalue weighted by atomic mass is 32.2. The quantitative estimate of drug-likeness (QED) is 0.358. The molecule has 0 radical (unpaired) electrons. The lowest BCUT2D eigenvalue weighted by molar-refractivity contribution is 0.570. The second kappa shape index (κ2) is 8.62. The molecule has 0 saturated heterocycles. The summed E-state index contributed by atoms with van der Waals surface area (Å²) >= 11 is 0. The lowest BCUT2D eigenvalue weighted by atomic mass is 9.99.